The monoisotopic (exact) mass is 210 g/mol. The van der Waals surface area contributed by atoms with Crippen LogP contribution in [0.4, 0.5) is 0 Å². The third-order valence-electron chi connectivity index (χ3n) is 2.23. The second-order valence-corrected chi connectivity index (χ2v) is 4.64. The van der Waals surface area contributed by atoms with Crippen LogP contribution in [0.2, 0.25) is 0 Å². The van der Waals surface area contributed by atoms with E-state index in [0.717, 1.165) is 5.69 Å². The van der Waals surface area contributed by atoms with Crippen molar-refractivity contribution in [3.05, 3.63) is 18.0 Å². The van der Waals surface area contributed by atoms with Crippen LogP contribution in [-0.2, 0) is 11.3 Å². The standard InChI is InChI=1S/C10H18N4O/c1-10(2,3)8(11)9(15)12-6-7-4-5-13-14-7/h4-5,8H,6,11H2,1-3H3,(H,12,15)(H,13,14)/t8-/m1/s1. The topological polar surface area (TPSA) is 83.8 Å². The molecule has 0 bridgehead atoms. The van der Waals surface area contributed by atoms with Crippen LogP contribution in [0.3, 0.4) is 0 Å². The van der Waals surface area contributed by atoms with Crippen molar-refractivity contribution in [2.75, 3.05) is 0 Å². The molecule has 0 aromatic carbocycles. The van der Waals surface area contributed by atoms with Crippen molar-refractivity contribution in [3.8, 4) is 0 Å². The lowest BCUT2D eigenvalue weighted by molar-refractivity contribution is -0.124. The van der Waals surface area contributed by atoms with Crippen molar-refractivity contribution < 1.29 is 4.79 Å². The van der Waals surface area contributed by atoms with E-state index in [0.29, 0.717) is 6.54 Å². The van der Waals surface area contributed by atoms with Gasteiger partial charge in [-0.05, 0) is 11.5 Å². The molecular formula is C10H18N4O. The van der Waals surface area contributed by atoms with Gasteiger partial charge in [0.1, 0.15) is 0 Å². The summed E-state index contributed by atoms with van der Waals surface area (Å²) in [4.78, 5) is 11.6. The lowest BCUT2D eigenvalue weighted by Crippen LogP contribution is -2.48. The van der Waals surface area contributed by atoms with Gasteiger partial charge in [0.15, 0.2) is 0 Å². The summed E-state index contributed by atoms with van der Waals surface area (Å²) in [5.74, 6) is -0.142. The Morgan fingerprint density at radius 2 is 2.33 bits per heavy atom. The number of rotatable bonds is 3. The minimum atomic E-state index is -0.500. The van der Waals surface area contributed by atoms with E-state index >= 15 is 0 Å². The zero-order valence-electron chi connectivity index (χ0n) is 9.37. The Bertz CT molecular complexity index is 313. The molecule has 1 aromatic heterocycles. The number of nitrogens with zero attached hydrogens (tertiary/aromatic N) is 1. The van der Waals surface area contributed by atoms with E-state index in [1.165, 1.54) is 0 Å². The van der Waals surface area contributed by atoms with Crippen molar-refractivity contribution >= 4 is 5.91 Å². The molecule has 0 saturated heterocycles. The Morgan fingerprint density at radius 3 is 2.80 bits per heavy atom. The molecule has 1 amide bonds. The number of hydrogen-bond acceptors (Lipinski definition) is 3. The molecule has 15 heavy (non-hydrogen) atoms. The molecule has 84 valence electrons. The fourth-order valence-corrected chi connectivity index (χ4v) is 1.07. The highest BCUT2D eigenvalue weighted by molar-refractivity contribution is 5.82. The lowest BCUT2D eigenvalue weighted by Gasteiger charge is -2.25. The summed E-state index contributed by atoms with van der Waals surface area (Å²) in [5.41, 5.74) is 6.44. The van der Waals surface area contributed by atoms with E-state index in [2.05, 4.69) is 15.5 Å². The summed E-state index contributed by atoms with van der Waals surface area (Å²) >= 11 is 0. The fraction of sp³-hybridized carbons (Fsp3) is 0.600. The van der Waals surface area contributed by atoms with Gasteiger partial charge in [0.05, 0.1) is 18.3 Å². The van der Waals surface area contributed by atoms with Crippen molar-refractivity contribution in [3.63, 3.8) is 0 Å². The number of amides is 1. The predicted molar refractivity (Wildman–Crippen MR) is 57.9 cm³/mol. The molecule has 5 heteroatoms. The number of carbonyl (C=O) groups excluding carboxylic acids is 1. The van der Waals surface area contributed by atoms with Gasteiger partial charge in [0.2, 0.25) is 5.91 Å². The summed E-state index contributed by atoms with van der Waals surface area (Å²) in [6.07, 6.45) is 1.64. The summed E-state index contributed by atoms with van der Waals surface area (Å²) in [7, 11) is 0. The molecule has 4 N–H and O–H groups in total. The normalized spacial score (nSPS) is 13.6. The number of H-pyrrole nitrogens is 1. The number of carbonyl (C=O) groups is 1. The van der Waals surface area contributed by atoms with Crippen molar-refractivity contribution in [2.45, 2.75) is 33.4 Å². The maximum atomic E-state index is 11.6. The SMILES string of the molecule is CC(C)(C)[C@H](N)C(=O)NCc1ccn[nH]1. The van der Waals surface area contributed by atoms with Gasteiger partial charge in [-0.15, -0.1) is 0 Å². The first-order valence-corrected chi connectivity index (χ1v) is 4.93. The van der Waals surface area contributed by atoms with Crippen LogP contribution in [0, 0.1) is 5.41 Å². The van der Waals surface area contributed by atoms with Gasteiger partial charge in [-0.2, -0.15) is 5.10 Å². The zero-order chi connectivity index (χ0) is 11.5. The number of hydrogen-bond donors (Lipinski definition) is 3. The number of aromatic amines is 1. The van der Waals surface area contributed by atoms with E-state index in [1.807, 2.05) is 26.8 Å². The molecule has 0 spiro atoms. The van der Waals surface area contributed by atoms with E-state index in [-0.39, 0.29) is 11.3 Å². The average Bonchev–Trinajstić information content (AvgIpc) is 2.63. The Morgan fingerprint density at radius 1 is 1.67 bits per heavy atom. The molecule has 0 aliphatic rings. The summed E-state index contributed by atoms with van der Waals surface area (Å²) in [6, 6.07) is 1.31. The summed E-state index contributed by atoms with van der Waals surface area (Å²) < 4.78 is 0. The van der Waals surface area contributed by atoms with Crippen molar-refractivity contribution in [2.24, 2.45) is 11.1 Å². The molecule has 1 rings (SSSR count). The van der Waals surface area contributed by atoms with Crippen LogP contribution >= 0.6 is 0 Å². The molecule has 0 unspecified atom stereocenters. The van der Waals surface area contributed by atoms with Gasteiger partial charge >= 0.3 is 0 Å². The van der Waals surface area contributed by atoms with E-state index in [4.69, 9.17) is 5.73 Å². The largest absolute Gasteiger partial charge is 0.349 e. The maximum absolute atomic E-state index is 11.6. The number of aromatic nitrogens is 2. The van der Waals surface area contributed by atoms with Gasteiger partial charge in [-0.3, -0.25) is 9.89 Å². The van der Waals surface area contributed by atoms with Crippen LogP contribution in [-0.4, -0.2) is 22.1 Å². The second kappa shape index (κ2) is 4.44. The highest BCUT2D eigenvalue weighted by Gasteiger charge is 2.27. The van der Waals surface area contributed by atoms with Crippen LogP contribution in [0.1, 0.15) is 26.5 Å². The van der Waals surface area contributed by atoms with E-state index in [9.17, 15) is 4.79 Å². The molecule has 1 atom stereocenters. The third kappa shape index (κ3) is 3.36. The lowest BCUT2D eigenvalue weighted by atomic mass is 9.87. The van der Waals surface area contributed by atoms with Crippen LogP contribution < -0.4 is 11.1 Å². The maximum Gasteiger partial charge on any atom is 0.237 e. The number of nitrogens with two attached hydrogens (primary N) is 1. The Balaban J connectivity index is 2.43. The molecule has 0 aliphatic heterocycles. The van der Waals surface area contributed by atoms with Gasteiger partial charge in [0.25, 0.3) is 0 Å². The first-order valence-electron chi connectivity index (χ1n) is 4.93. The molecule has 1 aromatic rings. The molecular weight excluding hydrogens is 192 g/mol. The third-order valence-corrected chi connectivity index (χ3v) is 2.23. The quantitative estimate of drug-likeness (QED) is 0.675. The van der Waals surface area contributed by atoms with Gasteiger partial charge < -0.3 is 11.1 Å². The molecule has 0 fully saturated rings. The first kappa shape index (κ1) is 11.7. The molecule has 0 radical (unpaired) electrons. The Kier molecular flexibility index (Phi) is 3.47. The van der Waals surface area contributed by atoms with Crippen LogP contribution in [0.25, 0.3) is 0 Å². The van der Waals surface area contributed by atoms with Gasteiger partial charge in [-0.25, -0.2) is 0 Å². The van der Waals surface area contributed by atoms with Gasteiger partial charge in [-0.1, -0.05) is 20.8 Å². The molecule has 1 heterocycles. The van der Waals surface area contributed by atoms with E-state index in [1.54, 1.807) is 6.20 Å². The molecule has 0 aliphatic carbocycles. The Hall–Kier alpha value is -1.36. The predicted octanol–water partition coefficient (Wildman–Crippen LogP) is 0.399. The molecule has 5 nitrogen and oxygen atoms in total. The summed E-state index contributed by atoms with van der Waals surface area (Å²) in [6.45, 7) is 6.25. The highest BCUT2D eigenvalue weighted by Crippen LogP contribution is 2.17. The van der Waals surface area contributed by atoms with Crippen molar-refractivity contribution in [1.29, 1.82) is 0 Å². The van der Waals surface area contributed by atoms with Gasteiger partial charge in [0, 0.05) is 6.20 Å². The Labute approximate surface area is 89.4 Å². The summed E-state index contributed by atoms with van der Waals surface area (Å²) in [5, 5.41) is 9.31. The van der Waals surface area contributed by atoms with Crippen LogP contribution in [0.5, 0.6) is 0 Å². The second-order valence-electron chi connectivity index (χ2n) is 4.64. The zero-order valence-corrected chi connectivity index (χ0v) is 9.37. The van der Waals surface area contributed by atoms with Crippen molar-refractivity contribution in [1.82, 2.24) is 15.5 Å². The van der Waals surface area contributed by atoms with Crippen LogP contribution in [0.15, 0.2) is 12.3 Å². The smallest absolute Gasteiger partial charge is 0.237 e. The minimum Gasteiger partial charge on any atom is -0.349 e. The molecule has 0 saturated carbocycles. The first-order chi connectivity index (χ1) is 6.91. The highest BCUT2D eigenvalue weighted by atomic mass is 16.2. The average molecular weight is 210 g/mol. The number of nitrogens with one attached hydrogen (secondary N) is 2. The minimum absolute atomic E-state index is 0.142. The fourth-order valence-electron chi connectivity index (χ4n) is 1.07. The van der Waals surface area contributed by atoms with E-state index < -0.39 is 6.04 Å².